The molecule has 0 unspecified atom stereocenters. The van der Waals surface area contributed by atoms with Crippen molar-refractivity contribution >= 4 is 15.8 Å². The maximum atomic E-state index is 12.2. The SMILES string of the molecule is COC(=O)c1ccc(CS(=O)(=O)Cc2ccccc2)cc1. The average Bonchev–Trinajstić information content (AvgIpc) is 2.47. The third kappa shape index (κ3) is 4.43. The van der Waals surface area contributed by atoms with Crippen LogP contribution in [0, 0.1) is 0 Å². The lowest BCUT2D eigenvalue weighted by Gasteiger charge is -2.06. The Bertz CT molecular complexity index is 704. The van der Waals surface area contributed by atoms with Gasteiger partial charge in [0, 0.05) is 0 Å². The van der Waals surface area contributed by atoms with Crippen LogP contribution in [-0.4, -0.2) is 21.5 Å². The highest BCUT2D eigenvalue weighted by Gasteiger charge is 2.13. The molecule has 0 saturated carbocycles. The van der Waals surface area contributed by atoms with Gasteiger partial charge >= 0.3 is 5.97 Å². The molecule has 0 bridgehead atoms. The zero-order valence-corrected chi connectivity index (χ0v) is 12.5. The van der Waals surface area contributed by atoms with Gasteiger partial charge in [0.1, 0.15) is 0 Å². The van der Waals surface area contributed by atoms with Crippen molar-refractivity contribution in [1.29, 1.82) is 0 Å². The Morgan fingerprint density at radius 2 is 1.43 bits per heavy atom. The number of benzene rings is 2. The second kappa shape index (κ2) is 6.54. The molecule has 0 aliphatic rings. The summed E-state index contributed by atoms with van der Waals surface area (Å²) in [4.78, 5) is 11.3. The van der Waals surface area contributed by atoms with Gasteiger partial charge in [-0.1, -0.05) is 42.5 Å². The maximum Gasteiger partial charge on any atom is 0.337 e. The molecule has 2 aromatic rings. The van der Waals surface area contributed by atoms with E-state index >= 15 is 0 Å². The Morgan fingerprint density at radius 1 is 0.905 bits per heavy atom. The number of carbonyl (C=O) groups excluding carboxylic acids is 1. The second-order valence-electron chi connectivity index (χ2n) is 4.71. The first-order valence-corrected chi connectivity index (χ1v) is 8.24. The van der Waals surface area contributed by atoms with Crippen molar-refractivity contribution in [3.05, 3.63) is 71.3 Å². The van der Waals surface area contributed by atoms with E-state index < -0.39 is 15.8 Å². The Labute approximate surface area is 124 Å². The Hall–Kier alpha value is -2.14. The monoisotopic (exact) mass is 304 g/mol. The van der Waals surface area contributed by atoms with E-state index in [1.807, 2.05) is 18.2 Å². The first-order chi connectivity index (χ1) is 10.00. The van der Waals surface area contributed by atoms with Gasteiger partial charge < -0.3 is 4.74 Å². The Kier molecular flexibility index (Phi) is 4.75. The van der Waals surface area contributed by atoms with Crippen molar-refractivity contribution in [2.75, 3.05) is 7.11 Å². The fourth-order valence-corrected chi connectivity index (χ4v) is 3.49. The molecule has 0 N–H and O–H groups in total. The highest BCUT2D eigenvalue weighted by molar-refractivity contribution is 7.89. The summed E-state index contributed by atoms with van der Waals surface area (Å²) in [6.07, 6.45) is 0. The van der Waals surface area contributed by atoms with Crippen LogP contribution in [0.4, 0.5) is 0 Å². The summed E-state index contributed by atoms with van der Waals surface area (Å²) >= 11 is 0. The minimum Gasteiger partial charge on any atom is -0.465 e. The van der Waals surface area contributed by atoms with Gasteiger partial charge in [0.15, 0.2) is 9.84 Å². The minimum atomic E-state index is -3.24. The molecule has 0 aliphatic heterocycles. The zero-order chi connectivity index (χ0) is 15.3. The number of rotatable bonds is 5. The van der Waals surface area contributed by atoms with Crippen LogP contribution >= 0.6 is 0 Å². The number of sulfone groups is 1. The highest BCUT2D eigenvalue weighted by Crippen LogP contribution is 2.13. The first kappa shape index (κ1) is 15.3. The number of hydrogen-bond acceptors (Lipinski definition) is 4. The van der Waals surface area contributed by atoms with E-state index in [1.54, 1.807) is 36.4 Å². The lowest BCUT2D eigenvalue weighted by atomic mass is 10.1. The topological polar surface area (TPSA) is 60.4 Å². The largest absolute Gasteiger partial charge is 0.465 e. The number of methoxy groups -OCH3 is 1. The molecule has 2 rings (SSSR count). The van der Waals surface area contributed by atoms with Gasteiger partial charge in [-0.25, -0.2) is 13.2 Å². The van der Waals surface area contributed by atoms with Gasteiger partial charge in [-0.2, -0.15) is 0 Å². The molecular weight excluding hydrogens is 288 g/mol. The molecule has 0 aromatic heterocycles. The molecule has 0 spiro atoms. The highest BCUT2D eigenvalue weighted by atomic mass is 32.2. The smallest absolute Gasteiger partial charge is 0.337 e. The molecule has 0 heterocycles. The molecule has 5 heteroatoms. The van der Waals surface area contributed by atoms with E-state index in [4.69, 9.17) is 0 Å². The first-order valence-electron chi connectivity index (χ1n) is 6.42. The van der Waals surface area contributed by atoms with Crippen molar-refractivity contribution in [1.82, 2.24) is 0 Å². The molecular formula is C16H16O4S. The maximum absolute atomic E-state index is 12.2. The third-order valence-corrected chi connectivity index (χ3v) is 4.54. The van der Waals surface area contributed by atoms with Crippen LogP contribution in [0.1, 0.15) is 21.5 Å². The summed E-state index contributed by atoms with van der Waals surface area (Å²) in [6, 6.07) is 15.5. The molecule has 21 heavy (non-hydrogen) atoms. The van der Waals surface area contributed by atoms with Crippen molar-refractivity contribution in [2.24, 2.45) is 0 Å². The molecule has 0 fully saturated rings. The lowest BCUT2D eigenvalue weighted by Crippen LogP contribution is -2.08. The number of esters is 1. The third-order valence-electron chi connectivity index (χ3n) is 2.99. The molecule has 4 nitrogen and oxygen atoms in total. The minimum absolute atomic E-state index is 0.00654. The quantitative estimate of drug-likeness (QED) is 0.797. The van der Waals surface area contributed by atoms with Crippen LogP contribution in [0.15, 0.2) is 54.6 Å². The van der Waals surface area contributed by atoms with Gasteiger partial charge in [0.25, 0.3) is 0 Å². The van der Waals surface area contributed by atoms with Crippen LogP contribution in [0.2, 0.25) is 0 Å². The van der Waals surface area contributed by atoms with E-state index in [-0.39, 0.29) is 11.5 Å². The van der Waals surface area contributed by atoms with Crippen molar-refractivity contribution < 1.29 is 17.9 Å². The number of hydrogen-bond donors (Lipinski definition) is 0. The van der Waals surface area contributed by atoms with Crippen LogP contribution in [0.25, 0.3) is 0 Å². The number of carbonyl (C=O) groups is 1. The normalized spacial score (nSPS) is 11.1. The standard InChI is InChI=1S/C16H16O4S/c1-20-16(17)15-9-7-14(8-10-15)12-21(18,19)11-13-5-3-2-4-6-13/h2-10H,11-12H2,1H3. The summed E-state index contributed by atoms with van der Waals surface area (Å²) < 4.78 is 28.9. The second-order valence-corrected chi connectivity index (χ2v) is 6.77. The summed E-state index contributed by atoms with van der Waals surface area (Å²) in [6.45, 7) is 0. The lowest BCUT2D eigenvalue weighted by molar-refractivity contribution is 0.0600. The van der Waals surface area contributed by atoms with E-state index in [2.05, 4.69) is 4.74 Å². The molecule has 0 radical (unpaired) electrons. The summed E-state index contributed by atoms with van der Waals surface area (Å²) in [5, 5.41) is 0. The van der Waals surface area contributed by atoms with Gasteiger partial charge in [0.2, 0.25) is 0 Å². The molecule has 0 atom stereocenters. The van der Waals surface area contributed by atoms with E-state index in [0.29, 0.717) is 11.1 Å². The fourth-order valence-electron chi connectivity index (χ4n) is 1.99. The van der Waals surface area contributed by atoms with E-state index in [9.17, 15) is 13.2 Å². The number of ether oxygens (including phenoxy) is 1. The fraction of sp³-hybridized carbons (Fsp3) is 0.188. The van der Waals surface area contributed by atoms with Gasteiger partial charge in [-0.15, -0.1) is 0 Å². The van der Waals surface area contributed by atoms with Gasteiger partial charge in [0.05, 0.1) is 24.2 Å². The van der Waals surface area contributed by atoms with Crippen LogP contribution in [0.5, 0.6) is 0 Å². The van der Waals surface area contributed by atoms with Gasteiger partial charge in [-0.05, 0) is 23.3 Å². The van der Waals surface area contributed by atoms with E-state index in [0.717, 1.165) is 5.56 Å². The van der Waals surface area contributed by atoms with Crippen LogP contribution in [0.3, 0.4) is 0 Å². The average molecular weight is 304 g/mol. The van der Waals surface area contributed by atoms with Gasteiger partial charge in [-0.3, -0.25) is 0 Å². The van der Waals surface area contributed by atoms with Crippen LogP contribution < -0.4 is 0 Å². The molecule has 2 aromatic carbocycles. The predicted octanol–water partition coefficient (Wildman–Crippen LogP) is 2.59. The van der Waals surface area contributed by atoms with Crippen molar-refractivity contribution in [2.45, 2.75) is 11.5 Å². The molecule has 0 amide bonds. The van der Waals surface area contributed by atoms with Crippen molar-refractivity contribution in [3.63, 3.8) is 0 Å². The Morgan fingerprint density at radius 3 is 1.95 bits per heavy atom. The summed E-state index contributed by atoms with van der Waals surface area (Å²) in [5.74, 6) is -0.482. The molecule has 110 valence electrons. The van der Waals surface area contributed by atoms with E-state index in [1.165, 1.54) is 7.11 Å². The summed E-state index contributed by atoms with van der Waals surface area (Å²) in [5.41, 5.74) is 1.82. The molecule has 0 aliphatic carbocycles. The predicted molar refractivity (Wildman–Crippen MR) is 80.6 cm³/mol. The summed E-state index contributed by atoms with van der Waals surface area (Å²) in [7, 11) is -1.94. The van der Waals surface area contributed by atoms with Crippen LogP contribution in [-0.2, 0) is 26.1 Å². The Balaban J connectivity index is 2.08. The molecule has 0 saturated heterocycles. The zero-order valence-electron chi connectivity index (χ0n) is 11.7. The van der Waals surface area contributed by atoms with Crippen molar-refractivity contribution in [3.8, 4) is 0 Å².